The SMILES string of the molecule is CCN1CC2(CCN(Cc3ccc(Cl)cc3)CC2)O[C@@H](C)C1=O. The first kappa shape index (κ1) is 16.7. The maximum absolute atomic E-state index is 12.1. The lowest BCUT2D eigenvalue weighted by atomic mass is 9.88. The zero-order chi connectivity index (χ0) is 16.4. The Labute approximate surface area is 143 Å². The Hall–Kier alpha value is -1.10. The van der Waals surface area contributed by atoms with Gasteiger partial charge in [0, 0.05) is 37.7 Å². The molecular formula is C18H25ClN2O2. The summed E-state index contributed by atoms with van der Waals surface area (Å²) in [6.45, 7) is 8.37. The van der Waals surface area contributed by atoms with Gasteiger partial charge in [-0.05, 0) is 44.4 Å². The quantitative estimate of drug-likeness (QED) is 0.850. The van der Waals surface area contributed by atoms with E-state index >= 15 is 0 Å². The third-order valence-electron chi connectivity index (χ3n) is 5.03. The van der Waals surface area contributed by atoms with Crippen LogP contribution in [0.1, 0.15) is 32.3 Å². The van der Waals surface area contributed by atoms with Gasteiger partial charge in [-0.15, -0.1) is 0 Å². The Kier molecular flexibility index (Phi) is 4.95. The number of ether oxygens (including phenoxy) is 1. The molecular weight excluding hydrogens is 312 g/mol. The van der Waals surface area contributed by atoms with Gasteiger partial charge in [-0.25, -0.2) is 0 Å². The van der Waals surface area contributed by atoms with Gasteiger partial charge in [0.25, 0.3) is 5.91 Å². The van der Waals surface area contributed by atoms with Crippen molar-refractivity contribution in [2.24, 2.45) is 0 Å². The van der Waals surface area contributed by atoms with Crippen molar-refractivity contribution in [2.75, 3.05) is 26.2 Å². The number of hydrogen-bond acceptors (Lipinski definition) is 3. The molecule has 0 aliphatic carbocycles. The maximum Gasteiger partial charge on any atom is 0.251 e. The summed E-state index contributed by atoms with van der Waals surface area (Å²) in [6, 6.07) is 8.06. The average molecular weight is 337 g/mol. The molecule has 4 nitrogen and oxygen atoms in total. The smallest absolute Gasteiger partial charge is 0.251 e. The van der Waals surface area contributed by atoms with Gasteiger partial charge >= 0.3 is 0 Å². The van der Waals surface area contributed by atoms with Crippen molar-refractivity contribution in [2.45, 2.75) is 44.9 Å². The maximum atomic E-state index is 12.1. The Morgan fingerprint density at radius 3 is 2.52 bits per heavy atom. The molecule has 0 N–H and O–H groups in total. The van der Waals surface area contributed by atoms with Crippen LogP contribution >= 0.6 is 11.6 Å². The Balaban J connectivity index is 1.59. The summed E-state index contributed by atoms with van der Waals surface area (Å²) in [4.78, 5) is 16.5. The molecule has 1 spiro atoms. The molecule has 0 bridgehead atoms. The van der Waals surface area contributed by atoms with Crippen LogP contribution in [0.25, 0.3) is 0 Å². The van der Waals surface area contributed by atoms with E-state index in [-0.39, 0.29) is 17.6 Å². The second-order valence-electron chi connectivity index (χ2n) is 6.70. The molecule has 1 atom stereocenters. The summed E-state index contributed by atoms with van der Waals surface area (Å²) in [7, 11) is 0. The first-order valence-electron chi connectivity index (χ1n) is 8.45. The topological polar surface area (TPSA) is 32.8 Å². The Morgan fingerprint density at radius 1 is 1.26 bits per heavy atom. The van der Waals surface area contributed by atoms with E-state index in [2.05, 4.69) is 17.0 Å². The van der Waals surface area contributed by atoms with Gasteiger partial charge in [0.15, 0.2) is 0 Å². The second kappa shape index (κ2) is 6.80. The van der Waals surface area contributed by atoms with Crippen LogP contribution in [0, 0.1) is 0 Å². The minimum Gasteiger partial charge on any atom is -0.360 e. The van der Waals surface area contributed by atoms with Crippen molar-refractivity contribution < 1.29 is 9.53 Å². The van der Waals surface area contributed by atoms with Crippen molar-refractivity contribution in [3.63, 3.8) is 0 Å². The van der Waals surface area contributed by atoms with Gasteiger partial charge in [-0.2, -0.15) is 0 Å². The molecule has 0 radical (unpaired) electrons. The summed E-state index contributed by atoms with van der Waals surface area (Å²) in [5.74, 6) is 0.127. The highest BCUT2D eigenvalue weighted by atomic mass is 35.5. The van der Waals surface area contributed by atoms with E-state index < -0.39 is 0 Å². The van der Waals surface area contributed by atoms with Crippen molar-refractivity contribution >= 4 is 17.5 Å². The number of nitrogens with zero attached hydrogens (tertiary/aromatic N) is 2. The van der Waals surface area contributed by atoms with Crippen LogP contribution in [-0.4, -0.2) is 53.6 Å². The fourth-order valence-electron chi connectivity index (χ4n) is 3.66. The van der Waals surface area contributed by atoms with Crippen LogP contribution in [0.5, 0.6) is 0 Å². The first-order chi connectivity index (χ1) is 11.0. The number of benzene rings is 1. The largest absolute Gasteiger partial charge is 0.360 e. The predicted octanol–water partition coefficient (Wildman–Crippen LogP) is 2.94. The van der Waals surface area contributed by atoms with Crippen molar-refractivity contribution in [1.82, 2.24) is 9.80 Å². The Bertz CT molecular complexity index is 553. The molecule has 5 heteroatoms. The van der Waals surface area contributed by atoms with Gasteiger partial charge in [0.2, 0.25) is 0 Å². The van der Waals surface area contributed by atoms with Crippen LogP contribution in [0.3, 0.4) is 0 Å². The minimum absolute atomic E-state index is 0.127. The van der Waals surface area contributed by atoms with E-state index in [0.717, 1.165) is 50.6 Å². The molecule has 2 saturated heterocycles. The molecule has 1 aromatic carbocycles. The number of morpholine rings is 1. The van der Waals surface area contributed by atoms with E-state index in [1.807, 2.05) is 30.9 Å². The molecule has 2 aliphatic rings. The summed E-state index contributed by atoms with van der Waals surface area (Å²) in [5.41, 5.74) is 1.13. The number of halogens is 1. The van der Waals surface area contributed by atoms with Crippen LogP contribution in [0.2, 0.25) is 5.02 Å². The fraction of sp³-hybridized carbons (Fsp3) is 0.611. The van der Waals surface area contributed by atoms with E-state index in [1.54, 1.807) is 0 Å². The number of piperidine rings is 1. The van der Waals surface area contributed by atoms with Crippen LogP contribution < -0.4 is 0 Å². The molecule has 2 fully saturated rings. The van der Waals surface area contributed by atoms with Crippen LogP contribution in [-0.2, 0) is 16.1 Å². The van der Waals surface area contributed by atoms with E-state index in [1.165, 1.54) is 5.56 Å². The zero-order valence-corrected chi connectivity index (χ0v) is 14.7. The monoisotopic (exact) mass is 336 g/mol. The molecule has 3 rings (SSSR count). The summed E-state index contributed by atoms with van der Waals surface area (Å²) in [5, 5.41) is 0.778. The standard InChI is InChI=1S/C18H25ClN2O2/c1-3-21-13-18(23-14(2)17(21)22)8-10-20(11-9-18)12-15-4-6-16(19)7-5-15/h4-7,14H,3,8-13H2,1-2H3/t14-/m0/s1. The van der Waals surface area contributed by atoms with Gasteiger partial charge < -0.3 is 9.64 Å². The molecule has 2 heterocycles. The minimum atomic E-state index is -0.313. The number of hydrogen-bond donors (Lipinski definition) is 0. The van der Waals surface area contributed by atoms with E-state index in [9.17, 15) is 4.79 Å². The lowest BCUT2D eigenvalue weighted by molar-refractivity contribution is -0.189. The summed E-state index contributed by atoms with van der Waals surface area (Å²) >= 11 is 5.94. The highest BCUT2D eigenvalue weighted by molar-refractivity contribution is 6.30. The highest BCUT2D eigenvalue weighted by Gasteiger charge is 2.44. The molecule has 0 aromatic heterocycles. The third kappa shape index (κ3) is 3.70. The third-order valence-corrected chi connectivity index (χ3v) is 5.29. The first-order valence-corrected chi connectivity index (χ1v) is 8.82. The summed E-state index contributed by atoms with van der Waals surface area (Å²) < 4.78 is 6.14. The second-order valence-corrected chi connectivity index (χ2v) is 7.13. The lowest BCUT2D eigenvalue weighted by Crippen LogP contribution is -2.61. The van der Waals surface area contributed by atoms with Gasteiger partial charge in [-0.1, -0.05) is 23.7 Å². The molecule has 1 amide bonds. The molecule has 0 saturated carbocycles. The molecule has 23 heavy (non-hydrogen) atoms. The van der Waals surface area contributed by atoms with Crippen LogP contribution in [0.15, 0.2) is 24.3 Å². The number of carbonyl (C=O) groups is 1. The Morgan fingerprint density at radius 2 is 1.91 bits per heavy atom. The normalized spacial score (nSPS) is 25.1. The van der Waals surface area contributed by atoms with Crippen molar-refractivity contribution in [3.05, 3.63) is 34.9 Å². The zero-order valence-electron chi connectivity index (χ0n) is 13.9. The highest BCUT2D eigenvalue weighted by Crippen LogP contribution is 2.33. The fourth-order valence-corrected chi connectivity index (χ4v) is 3.78. The average Bonchev–Trinajstić information content (AvgIpc) is 2.55. The van der Waals surface area contributed by atoms with Crippen molar-refractivity contribution in [3.8, 4) is 0 Å². The molecule has 2 aliphatic heterocycles. The predicted molar refractivity (Wildman–Crippen MR) is 91.5 cm³/mol. The number of likely N-dealkylation sites (tertiary alicyclic amines) is 1. The van der Waals surface area contributed by atoms with Crippen molar-refractivity contribution in [1.29, 1.82) is 0 Å². The number of carbonyl (C=O) groups excluding carboxylic acids is 1. The van der Waals surface area contributed by atoms with Crippen LogP contribution in [0.4, 0.5) is 0 Å². The van der Waals surface area contributed by atoms with E-state index in [0.29, 0.717) is 0 Å². The van der Waals surface area contributed by atoms with Gasteiger partial charge in [0.05, 0.1) is 5.60 Å². The van der Waals surface area contributed by atoms with Gasteiger partial charge in [0.1, 0.15) is 6.10 Å². The number of amides is 1. The summed E-state index contributed by atoms with van der Waals surface area (Å²) in [6.07, 6.45) is 1.65. The lowest BCUT2D eigenvalue weighted by Gasteiger charge is -2.49. The number of likely N-dealkylation sites (N-methyl/N-ethyl adjacent to an activating group) is 1. The molecule has 1 aromatic rings. The van der Waals surface area contributed by atoms with E-state index in [4.69, 9.17) is 16.3 Å². The van der Waals surface area contributed by atoms with Gasteiger partial charge in [-0.3, -0.25) is 9.69 Å². The molecule has 0 unspecified atom stereocenters. The number of rotatable bonds is 3. The molecule has 126 valence electrons.